The Labute approximate surface area is 222 Å². The number of halogens is 3. The first-order chi connectivity index (χ1) is 17.7. The Morgan fingerprint density at radius 3 is 2.50 bits per heavy atom. The predicted octanol–water partition coefficient (Wildman–Crippen LogP) is -0.587. The molecule has 2 aliphatic heterocycles. The molecule has 2 amide bonds. The van der Waals surface area contributed by atoms with E-state index in [2.05, 4.69) is 25.8 Å². The third-order valence-corrected chi connectivity index (χ3v) is 8.02. The van der Waals surface area contributed by atoms with Crippen LogP contribution in [-0.2, 0) is 26.2 Å². The summed E-state index contributed by atoms with van der Waals surface area (Å²) in [6.07, 6.45) is -5.08. The molecule has 2 aliphatic rings. The van der Waals surface area contributed by atoms with Gasteiger partial charge < -0.3 is 27.0 Å². The van der Waals surface area contributed by atoms with E-state index in [9.17, 15) is 32.7 Å². The largest absolute Gasteiger partial charge is 0.490 e. The molecule has 38 heavy (non-hydrogen) atoms. The fourth-order valence-corrected chi connectivity index (χ4v) is 6.04. The number of tetrazole rings is 1. The van der Waals surface area contributed by atoms with Gasteiger partial charge in [0.05, 0.1) is 5.69 Å². The first-order valence-electron chi connectivity index (χ1n) is 10.0. The van der Waals surface area contributed by atoms with Crippen LogP contribution in [0.4, 0.5) is 18.3 Å². The highest BCUT2D eigenvalue weighted by Gasteiger charge is 2.54. The molecule has 1 fully saturated rings. The Bertz CT molecular complexity index is 1280. The number of nitrogens with one attached hydrogen (secondary N) is 1. The molecular weight excluding hydrogens is 579 g/mol. The Hall–Kier alpha value is -3.43. The van der Waals surface area contributed by atoms with Crippen LogP contribution in [0.1, 0.15) is 11.7 Å². The van der Waals surface area contributed by atoms with Crippen molar-refractivity contribution in [3.63, 3.8) is 0 Å². The fraction of sp³-hybridized carbons (Fsp3) is 0.412. The second-order valence-corrected chi connectivity index (χ2v) is 10.4. The number of aromatic nitrogens is 5. The van der Waals surface area contributed by atoms with E-state index in [1.54, 1.807) is 12.4 Å². The van der Waals surface area contributed by atoms with E-state index in [0.717, 1.165) is 11.3 Å². The average Bonchev–Trinajstić information content (AvgIpc) is 3.47. The van der Waals surface area contributed by atoms with Gasteiger partial charge in [0.1, 0.15) is 23.2 Å². The van der Waals surface area contributed by atoms with Crippen LogP contribution in [0.3, 0.4) is 0 Å². The number of fused-ring (bicyclic) bond motifs is 1. The summed E-state index contributed by atoms with van der Waals surface area (Å²) in [5.41, 5.74) is 12.3. The van der Waals surface area contributed by atoms with Crippen LogP contribution < -0.4 is 16.8 Å². The van der Waals surface area contributed by atoms with E-state index in [1.807, 2.05) is 0 Å². The van der Waals surface area contributed by atoms with E-state index < -0.39 is 47.4 Å². The molecule has 21 heteroatoms. The number of thiazole rings is 1. The molecular formula is C17H18F3N9O6S3. The Morgan fingerprint density at radius 2 is 2.00 bits per heavy atom. The van der Waals surface area contributed by atoms with E-state index in [0.29, 0.717) is 27.9 Å². The van der Waals surface area contributed by atoms with Gasteiger partial charge in [-0.3, -0.25) is 14.5 Å². The van der Waals surface area contributed by atoms with Crippen molar-refractivity contribution in [3.05, 3.63) is 22.3 Å². The molecule has 2 aromatic rings. The minimum absolute atomic E-state index is 0.0709. The molecule has 15 nitrogen and oxygen atoms in total. The van der Waals surface area contributed by atoms with Crippen LogP contribution in [0.15, 0.2) is 21.8 Å². The highest BCUT2D eigenvalue weighted by molar-refractivity contribution is 8.01. The van der Waals surface area contributed by atoms with Crippen LogP contribution in [0, 0.1) is 0 Å². The van der Waals surface area contributed by atoms with Gasteiger partial charge in [-0.2, -0.15) is 13.2 Å². The van der Waals surface area contributed by atoms with Gasteiger partial charge in [-0.1, -0.05) is 11.8 Å². The molecule has 0 radical (unpaired) electrons. The smallest absolute Gasteiger partial charge is 0.477 e. The van der Waals surface area contributed by atoms with Crippen LogP contribution in [0.5, 0.6) is 0 Å². The summed E-state index contributed by atoms with van der Waals surface area (Å²) in [4.78, 5) is 51.2. The summed E-state index contributed by atoms with van der Waals surface area (Å²) in [5, 5.41) is 32.4. The van der Waals surface area contributed by atoms with Crippen molar-refractivity contribution in [2.45, 2.75) is 28.8 Å². The maximum atomic E-state index is 12.7. The van der Waals surface area contributed by atoms with Gasteiger partial charge in [0, 0.05) is 23.9 Å². The van der Waals surface area contributed by atoms with Crippen molar-refractivity contribution in [1.29, 1.82) is 0 Å². The summed E-state index contributed by atoms with van der Waals surface area (Å²) < 4.78 is 33.2. The van der Waals surface area contributed by atoms with E-state index >= 15 is 0 Å². The molecule has 1 unspecified atom stereocenters. The molecule has 0 saturated carbocycles. The third-order valence-electron chi connectivity index (χ3n) is 4.89. The molecule has 2 aromatic heterocycles. The molecule has 0 spiro atoms. The average molecular weight is 598 g/mol. The lowest BCUT2D eigenvalue weighted by atomic mass is 10.0. The van der Waals surface area contributed by atoms with Crippen molar-refractivity contribution in [2.75, 3.05) is 17.2 Å². The number of carbonyl (C=O) groups is 4. The number of amides is 2. The van der Waals surface area contributed by atoms with Gasteiger partial charge >= 0.3 is 18.1 Å². The number of thioether (sulfide) groups is 2. The third kappa shape index (κ3) is 6.34. The lowest BCUT2D eigenvalue weighted by Gasteiger charge is -2.49. The summed E-state index contributed by atoms with van der Waals surface area (Å²) >= 11 is 3.80. The number of hydrogen-bond donors (Lipinski definition) is 5. The minimum Gasteiger partial charge on any atom is -0.477 e. The number of hydrogen-bond acceptors (Lipinski definition) is 13. The molecule has 1 saturated heterocycles. The van der Waals surface area contributed by atoms with Crippen molar-refractivity contribution in [2.24, 2.45) is 12.8 Å². The number of carboxylic acid groups (broad SMARTS) is 2. The zero-order valence-electron chi connectivity index (χ0n) is 18.9. The second-order valence-electron chi connectivity index (χ2n) is 7.42. The molecule has 0 bridgehead atoms. The van der Waals surface area contributed by atoms with E-state index in [-0.39, 0.29) is 10.8 Å². The predicted molar refractivity (Wildman–Crippen MR) is 126 cm³/mol. The second kappa shape index (κ2) is 11.5. The number of carbonyl (C=O) groups excluding carboxylic acids is 2. The van der Waals surface area contributed by atoms with Gasteiger partial charge in [0.2, 0.25) is 11.1 Å². The quantitative estimate of drug-likeness (QED) is 0.198. The zero-order chi connectivity index (χ0) is 28.4. The molecule has 0 aromatic carbocycles. The molecule has 7 N–H and O–H groups in total. The van der Waals surface area contributed by atoms with Gasteiger partial charge in [-0.05, 0) is 16.0 Å². The number of aliphatic carboxylic acids is 2. The van der Waals surface area contributed by atoms with Gasteiger partial charge in [0.15, 0.2) is 5.13 Å². The number of aryl methyl sites for hydroxylation is 1. The summed E-state index contributed by atoms with van der Waals surface area (Å²) in [7, 11) is 1.68. The molecule has 206 valence electrons. The molecule has 4 heterocycles. The number of nitrogens with two attached hydrogens (primary N) is 2. The van der Waals surface area contributed by atoms with Crippen LogP contribution >= 0.6 is 34.9 Å². The van der Waals surface area contributed by atoms with Gasteiger partial charge in [0.25, 0.3) is 5.91 Å². The van der Waals surface area contributed by atoms with Crippen molar-refractivity contribution in [3.8, 4) is 0 Å². The molecule has 4 rings (SSSR count). The Morgan fingerprint density at radius 1 is 1.34 bits per heavy atom. The first kappa shape index (κ1) is 29.1. The topological polar surface area (TPSA) is 233 Å². The number of β-lactam (4-membered cyclic amide) rings is 1. The fourth-order valence-electron chi connectivity index (χ4n) is 3.11. The normalized spacial score (nSPS) is 19.6. The van der Waals surface area contributed by atoms with E-state index in [1.165, 1.54) is 33.1 Å². The Balaban J connectivity index is 0.000000505. The Kier molecular flexibility index (Phi) is 8.84. The summed E-state index contributed by atoms with van der Waals surface area (Å²) in [6, 6.07) is -1.95. The van der Waals surface area contributed by atoms with Gasteiger partial charge in [-0.25, -0.2) is 19.3 Å². The van der Waals surface area contributed by atoms with Crippen LogP contribution in [-0.4, -0.2) is 93.2 Å². The van der Waals surface area contributed by atoms with Crippen LogP contribution in [0.2, 0.25) is 0 Å². The number of nitrogens with zero attached hydrogens (tertiary/aromatic N) is 6. The maximum absolute atomic E-state index is 12.7. The number of anilines is 1. The van der Waals surface area contributed by atoms with Crippen molar-refractivity contribution < 1.29 is 42.6 Å². The molecule has 3 atom stereocenters. The minimum atomic E-state index is -5.08. The van der Waals surface area contributed by atoms with Crippen molar-refractivity contribution >= 4 is 63.7 Å². The number of alkyl halides is 3. The molecule has 0 aliphatic carbocycles. The van der Waals surface area contributed by atoms with Crippen molar-refractivity contribution in [1.82, 2.24) is 35.4 Å². The van der Waals surface area contributed by atoms with Gasteiger partial charge in [-0.15, -0.1) is 28.2 Å². The lowest BCUT2D eigenvalue weighted by Crippen LogP contribution is -2.71. The number of rotatable bonds is 7. The highest BCUT2D eigenvalue weighted by Crippen LogP contribution is 2.41. The monoisotopic (exact) mass is 597 g/mol. The standard InChI is InChI=1S/C15H17N9O4S3.C2HF3O2/c1-23-15(20-21-22-23)31-3-5-2-29-12-8(11(26)24(12)9(5)13(27)28)19-10(25)7(16)6-4-30-14(17)18-6;3-2(4,5)1(6)7/h4,7-8,12H,2-3,16H2,1H3,(H2,17,18)(H,19,25)(H,27,28);(H,6,7)/t7?,8-,12+;/m1./s1. The highest BCUT2D eigenvalue weighted by atomic mass is 32.2. The summed E-state index contributed by atoms with van der Waals surface area (Å²) in [6.45, 7) is 0. The SMILES string of the molecule is Cn1nnnc1SCC1=C(C(=O)O)N2C(=O)[C@@H](NC(=O)C(N)c3csc(N)n3)[C@@H]2SC1.O=C(O)C(F)(F)F. The first-order valence-corrected chi connectivity index (χ1v) is 13.0. The lowest BCUT2D eigenvalue weighted by molar-refractivity contribution is -0.192. The van der Waals surface area contributed by atoms with Crippen LogP contribution in [0.25, 0.3) is 0 Å². The summed E-state index contributed by atoms with van der Waals surface area (Å²) in [5.74, 6) is -4.35. The number of carboxylic acids is 2. The maximum Gasteiger partial charge on any atom is 0.490 e. The van der Waals surface area contributed by atoms with E-state index in [4.69, 9.17) is 21.4 Å². The number of nitrogen functional groups attached to an aromatic ring is 1. The zero-order valence-corrected chi connectivity index (χ0v) is 21.4.